The Labute approximate surface area is 230 Å². The summed E-state index contributed by atoms with van der Waals surface area (Å²) in [6, 6.07) is 19.6. The number of rotatable bonds is 8. The fourth-order valence-electron chi connectivity index (χ4n) is 3.57. The van der Waals surface area contributed by atoms with E-state index >= 15 is 0 Å². The van der Waals surface area contributed by atoms with E-state index < -0.39 is 18.5 Å². The molecule has 202 valence electrons. The van der Waals surface area contributed by atoms with Crippen LogP contribution < -0.4 is 20.7 Å². The maximum absolute atomic E-state index is 13.1. The van der Waals surface area contributed by atoms with E-state index in [4.69, 9.17) is 14.9 Å². The molecule has 3 amide bonds. The van der Waals surface area contributed by atoms with Gasteiger partial charge in [0.2, 0.25) is 0 Å². The second-order valence-electron chi connectivity index (χ2n) is 9.54. The Kier molecular flexibility index (Phi) is 8.52. The van der Waals surface area contributed by atoms with E-state index in [-0.39, 0.29) is 11.2 Å². The van der Waals surface area contributed by atoms with Crippen LogP contribution in [0.3, 0.4) is 0 Å². The average molecular weight is 547 g/mol. The number of nitrogens with zero attached hydrogens (tertiary/aromatic N) is 3. The highest BCUT2D eigenvalue weighted by atomic mass is 32.2. The average Bonchev–Trinajstić information content (AvgIpc) is 3.34. The number of carbonyl (C=O) groups excluding carboxylic acids is 2. The van der Waals surface area contributed by atoms with Crippen molar-refractivity contribution >= 4 is 41.0 Å². The molecule has 0 saturated carbocycles. The summed E-state index contributed by atoms with van der Waals surface area (Å²) >= 11 is 1.45. The number of pyridine rings is 1. The number of thioether (sulfide) groups is 1. The summed E-state index contributed by atoms with van der Waals surface area (Å²) < 4.78 is 7.65. The molecular formula is C28H30N6O4S. The third-order valence-corrected chi connectivity index (χ3v) is 6.30. The van der Waals surface area contributed by atoms with E-state index in [9.17, 15) is 9.59 Å². The fraction of sp³-hybridized carbons (Fsp3) is 0.214. The van der Waals surface area contributed by atoms with Crippen molar-refractivity contribution in [1.82, 2.24) is 14.8 Å². The van der Waals surface area contributed by atoms with Crippen molar-refractivity contribution in [2.45, 2.75) is 31.1 Å². The van der Waals surface area contributed by atoms with Crippen LogP contribution in [0.15, 0.2) is 77.8 Å². The number of hydrogen-bond acceptors (Lipinski definition) is 7. The van der Waals surface area contributed by atoms with Crippen LogP contribution in [0.4, 0.5) is 22.1 Å². The molecule has 0 fully saturated rings. The van der Waals surface area contributed by atoms with E-state index in [1.54, 1.807) is 35.0 Å². The molecule has 10 nitrogen and oxygen atoms in total. The van der Waals surface area contributed by atoms with Gasteiger partial charge in [-0.05, 0) is 42.7 Å². The number of urea groups is 1. The summed E-state index contributed by atoms with van der Waals surface area (Å²) in [7, 11) is 0. The Morgan fingerprint density at radius 2 is 1.72 bits per heavy atom. The number of aromatic nitrogens is 3. The Balaban J connectivity index is 1.50. The monoisotopic (exact) mass is 546 g/mol. The van der Waals surface area contributed by atoms with Gasteiger partial charge in [0, 0.05) is 28.6 Å². The van der Waals surface area contributed by atoms with E-state index in [0.717, 1.165) is 16.3 Å². The minimum atomic E-state index is -0.641. The van der Waals surface area contributed by atoms with Gasteiger partial charge in [0.25, 0.3) is 5.91 Å². The molecule has 0 aliphatic carbocycles. The number of nitrogens with one attached hydrogen (secondary N) is 3. The van der Waals surface area contributed by atoms with Crippen LogP contribution in [-0.4, -0.2) is 44.7 Å². The zero-order valence-electron chi connectivity index (χ0n) is 22.1. The lowest BCUT2D eigenvalue weighted by atomic mass is 9.92. The second-order valence-corrected chi connectivity index (χ2v) is 10.4. The minimum absolute atomic E-state index is 0.200. The topological polar surface area (TPSA) is 130 Å². The lowest BCUT2D eigenvalue weighted by Crippen LogP contribution is -2.21. The number of amides is 3. The van der Waals surface area contributed by atoms with Crippen LogP contribution in [0.25, 0.3) is 5.69 Å². The molecule has 0 bridgehead atoms. The van der Waals surface area contributed by atoms with Crippen LogP contribution >= 0.6 is 11.8 Å². The van der Waals surface area contributed by atoms with E-state index in [0.29, 0.717) is 23.0 Å². The molecule has 4 rings (SSSR count). The molecule has 0 spiro atoms. The van der Waals surface area contributed by atoms with Crippen molar-refractivity contribution in [3.63, 3.8) is 0 Å². The van der Waals surface area contributed by atoms with Gasteiger partial charge >= 0.3 is 6.03 Å². The highest BCUT2D eigenvalue weighted by molar-refractivity contribution is 7.98. The third-order valence-electron chi connectivity index (χ3n) is 5.52. The van der Waals surface area contributed by atoms with Gasteiger partial charge in [-0.1, -0.05) is 39.0 Å². The molecule has 11 heteroatoms. The summed E-state index contributed by atoms with van der Waals surface area (Å²) in [6.07, 6.45) is 3.39. The van der Waals surface area contributed by atoms with Crippen molar-refractivity contribution in [3.8, 4) is 17.2 Å². The number of hydrogen-bond donors (Lipinski definition) is 4. The third kappa shape index (κ3) is 7.15. The molecule has 2 aromatic heterocycles. The lowest BCUT2D eigenvalue weighted by molar-refractivity contribution is -0.118. The molecule has 0 unspecified atom stereocenters. The Morgan fingerprint density at radius 1 is 0.974 bits per heavy atom. The Bertz CT molecular complexity index is 1470. The number of ether oxygens (including phenoxy) is 1. The lowest BCUT2D eigenvalue weighted by Gasteiger charge is -2.14. The molecule has 0 aliphatic heterocycles. The molecule has 4 aromatic rings. The van der Waals surface area contributed by atoms with Gasteiger partial charge in [0.1, 0.15) is 29.7 Å². The molecule has 2 heterocycles. The number of carbonyl (C=O) groups is 2. The highest BCUT2D eigenvalue weighted by Gasteiger charge is 2.22. The van der Waals surface area contributed by atoms with E-state index in [1.165, 1.54) is 18.0 Å². The van der Waals surface area contributed by atoms with Crippen molar-refractivity contribution in [2.75, 3.05) is 28.8 Å². The van der Waals surface area contributed by atoms with Crippen LogP contribution in [0.1, 0.15) is 26.5 Å². The fourth-order valence-corrected chi connectivity index (χ4v) is 4.15. The van der Waals surface area contributed by atoms with Gasteiger partial charge in [-0.25, -0.2) is 14.5 Å². The molecule has 2 aromatic carbocycles. The summed E-state index contributed by atoms with van der Waals surface area (Å²) in [4.78, 5) is 29.3. The van der Waals surface area contributed by atoms with Gasteiger partial charge in [0.15, 0.2) is 0 Å². The molecule has 0 atom stereocenters. The summed E-state index contributed by atoms with van der Waals surface area (Å²) in [5.41, 5.74) is 2.10. The SMILES string of the molecule is CSc1cc(Oc2ccnc(NC(=O)CO)c2)ccc1NC(=O)Nc1cc(C(C)(C)C)nn1-c1ccccc1. The molecule has 0 radical (unpaired) electrons. The van der Waals surface area contributed by atoms with Crippen LogP contribution in [-0.2, 0) is 10.2 Å². The van der Waals surface area contributed by atoms with Gasteiger partial charge in [-0.15, -0.1) is 11.8 Å². The van der Waals surface area contributed by atoms with Gasteiger partial charge in [-0.3, -0.25) is 10.1 Å². The first kappa shape index (κ1) is 27.7. The Hall–Kier alpha value is -4.35. The molecule has 39 heavy (non-hydrogen) atoms. The van der Waals surface area contributed by atoms with Gasteiger partial charge in [-0.2, -0.15) is 5.10 Å². The molecule has 0 aliphatic rings. The quantitative estimate of drug-likeness (QED) is 0.210. The summed E-state index contributed by atoms with van der Waals surface area (Å²) in [6.45, 7) is 5.57. The van der Waals surface area contributed by atoms with Crippen molar-refractivity contribution in [3.05, 3.63) is 78.6 Å². The van der Waals surface area contributed by atoms with Crippen LogP contribution in [0, 0.1) is 0 Å². The zero-order valence-corrected chi connectivity index (χ0v) is 22.9. The standard InChI is InChI=1S/C28H30N6O4S/c1-28(2,3)23-16-25(34(33-23)18-8-6-5-7-9-18)32-27(37)30-21-11-10-19(14-22(21)39-4)38-20-12-13-29-24(15-20)31-26(36)17-35/h5-16,35H,17H2,1-4H3,(H,29,31,36)(H2,30,32,37). The molecule has 4 N–H and O–H groups in total. The number of para-hydroxylation sites is 1. The number of aliphatic hydroxyl groups is 1. The number of anilines is 3. The number of aliphatic hydroxyl groups excluding tert-OH is 1. The minimum Gasteiger partial charge on any atom is -0.457 e. The van der Waals surface area contributed by atoms with E-state index in [1.807, 2.05) is 42.7 Å². The predicted octanol–water partition coefficient (Wildman–Crippen LogP) is 5.65. The predicted molar refractivity (Wildman–Crippen MR) is 153 cm³/mol. The summed E-state index contributed by atoms with van der Waals surface area (Å²) in [5, 5.41) is 22.0. The first-order valence-electron chi connectivity index (χ1n) is 12.1. The largest absolute Gasteiger partial charge is 0.457 e. The van der Waals surface area contributed by atoms with Crippen molar-refractivity contribution in [2.24, 2.45) is 0 Å². The van der Waals surface area contributed by atoms with Gasteiger partial charge in [0.05, 0.1) is 17.1 Å². The van der Waals surface area contributed by atoms with Crippen LogP contribution in [0.2, 0.25) is 0 Å². The maximum Gasteiger partial charge on any atom is 0.324 e. The van der Waals surface area contributed by atoms with Crippen molar-refractivity contribution < 1.29 is 19.4 Å². The van der Waals surface area contributed by atoms with Crippen molar-refractivity contribution in [1.29, 1.82) is 0 Å². The van der Waals surface area contributed by atoms with Gasteiger partial charge < -0.3 is 20.5 Å². The second kappa shape index (κ2) is 12.0. The number of benzene rings is 2. The zero-order chi connectivity index (χ0) is 28.0. The van der Waals surface area contributed by atoms with E-state index in [2.05, 4.69) is 41.7 Å². The smallest absolute Gasteiger partial charge is 0.324 e. The van der Waals surface area contributed by atoms with Crippen LogP contribution in [0.5, 0.6) is 11.5 Å². The Morgan fingerprint density at radius 3 is 2.41 bits per heavy atom. The normalized spacial score (nSPS) is 11.1. The first-order valence-corrected chi connectivity index (χ1v) is 13.4. The first-order chi connectivity index (χ1) is 18.7. The summed E-state index contributed by atoms with van der Waals surface area (Å²) in [5.74, 6) is 1.23. The molecule has 0 saturated heterocycles. The maximum atomic E-state index is 13.1. The molecular weight excluding hydrogens is 516 g/mol. The highest BCUT2D eigenvalue weighted by Crippen LogP contribution is 2.33.